The molecule has 0 aliphatic heterocycles. The number of halogens is 1. The van der Waals surface area contributed by atoms with Crippen molar-refractivity contribution in [3.05, 3.63) is 29.6 Å². The number of rotatable bonds is 6. The summed E-state index contributed by atoms with van der Waals surface area (Å²) in [6.45, 7) is 10.7. The van der Waals surface area contributed by atoms with Crippen molar-refractivity contribution in [1.29, 1.82) is 0 Å². The Balaban J connectivity index is 2.99. The van der Waals surface area contributed by atoms with E-state index in [0.29, 0.717) is 12.6 Å². The number of hydrogen-bond donors (Lipinski definition) is 1. The van der Waals surface area contributed by atoms with Gasteiger partial charge in [0.05, 0.1) is 5.69 Å². The fraction of sp³-hybridized carbons (Fsp3) is 0.571. The van der Waals surface area contributed by atoms with Gasteiger partial charge in [-0.3, -0.25) is 0 Å². The van der Waals surface area contributed by atoms with E-state index in [2.05, 4.69) is 37.9 Å². The third-order valence-electron chi connectivity index (χ3n) is 2.85. The number of nitrogens with zero attached hydrogens (tertiary/aromatic N) is 1. The predicted molar refractivity (Wildman–Crippen MR) is 71.9 cm³/mol. The van der Waals surface area contributed by atoms with E-state index in [4.69, 9.17) is 0 Å². The van der Waals surface area contributed by atoms with Crippen molar-refractivity contribution in [2.45, 2.75) is 40.3 Å². The van der Waals surface area contributed by atoms with Gasteiger partial charge in [-0.15, -0.1) is 0 Å². The molecular formula is C14H23FN2. The minimum atomic E-state index is -0.128. The van der Waals surface area contributed by atoms with Gasteiger partial charge in [0.2, 0.25) is 0 Å². The predicted octanol–water partition coefficient (Wildman–Crippen LogP) is 3.17. The van der Waals surface area contributed by atoms with Crippen LogP contribution >= 0.6 is 0 Å². The van der Waals surface area contributed by atoms with Gasteiger partial charge < -0.3 is 10.2 Å². The highest BCUT2D eigenvalue weighted by atomic mass is 19.1. The second-order valence-electron chi connectivity index (χ2n) is 4.46. The first-order valence-electron chi connectivity index (χ1n) is 6.35. The third kappa shape index (κ3) is 3.70. The van der Waals surface area contributed by atoms with Crippen LogP contribution in [0.2, 0.25) is 0 Å². The zero-order chi connectivity index (χ0) is 12.8. The Kier molecular flexibility index (Phi) is 5.42. The largest absolute Gasteiger partial charge is 0.369 e. The maximum absolute atomic E-state index is 13.9. The van der Waals surface area contributed by atoms with Gasteiger partial charge in [0.1, 0.15) is 5.82 Å². The Bertz CT molecular complexity index is 346. The van der Waals surface area contributed by atoms with Gasteiger partial charge in [-0.05, 0) is 25.5 Å². The van der Waals surface area contributed by atoms with E-state index in [9.17, 15) is 4.39 Å². The fourth-order valence-electron chi connectivity index (χ4n) is 1.91. The molecule has 0 heterocycles. The molecule has 2 nitrogen and oxygen atoms in total. The topological polar surface area (TPSA) is 15.3 Å². The number of hydrogen-bond acceptors (Lipinski definition) is 2. The van der Waals surface area contributed by atoms with Crippen LogP contribution in [0.1, 0.15) is 33.3 Å². The van der Waals surface area contributed by atoms with Crippen molar-refractivity contribution < 1.29 is 4.39 Å². The van der Waals surface area contributed by atoms with E-state index in [1.165, 1.54) is 6.07 Å². The lowest BCUT2D eigenvalue weighted by molar-refractivity contribution is 0.578. The SMILES string of the molecule is CCN(CC)c1c(F)cccc1CNC(C)C. The van der Waals surface area contributed by atoms with E-state index in [1.807, 2.05) is 6.07 Å². The summed E-state index contributed by atoms with van der Waals surface area (Å²) in [5.74, 6) is -0.128. The molecule has 1 rings (SSSR count). The lowest BCUT2D eigenvalue weighted by atomic mass is 10.1. The summed E-state index contributed by atoms with van der Waals surface area (Å²) in [6.07, 6.45) is 0. The van der Waals surface area contributed by atoms with Gasteiger partial charge >= 0.3 is 0 Å². The van der Waals surface area contributed by atoms with Crippen LogP contribution in [0.4, 0.5) is 10.1 Å². The van der Waals surface area contributed by atoms with E-state index in [0.717, 1.165) is 24.3 Å². The lowest BCUT2D eigenvalue weighted by Crippen LogP contribution is -2.27. The molecule has 0 bridgehead atoms. The van der Waals surface area contributed by atoms with Crippen LogP contribution in [0.3, 0.4) is 0 Å². The Morgan fingerprint density at radius 3 is 2.41 bits per heavy atom. The van der Waals surface area contributed by atoms with Crippen molar-refractivity contribution in [2.75, 3.05) is 18.0 Å². The molecule has 3 heteroatoms. The summed E-state index contributed by atoms with van der Waals surface area (Å²) in [7, 11) is 0. The second kappa shape index (κ2) is 6.60. The zero-order valence-corrected chi connectivity index (χ0v) is 11.3. The summed E-state index contributed by atoms with van der Waals surface area (Å²) in [4.78, 5) is 2.06. The monoisotopic (exact) mass is 238 g/mol. The standard InChI is InChI=1S/C14H23FN2/c1-5-17(6-2)14-12(10-16-11(3)4)8-7-9-13(14)15/h7-9,11,16H,5-6,10H2,1-4H3. The molecule has 17 heavy (non-hydrogen) atoms. The molecule has 0 aromatic heterocycles. The van der Waals surface area contributed by atoms with Gasteiger partial charge in [-0.25, -0.2) is 4.39 Å². The maximum Gasteiger partial charge on any atom is 0.146 e. The Morgan fingerprint density at radius 2 is 1.88 bits per heavy atom. The first-order chi connectivity index (χ1) is 8.10. The van der Waals surface area contributed by atoms with Gasteiger partial charge in [0.15, 0.2) is 0 Å². The molecule has 0 saturated carbocycles. The quantitative estimate of drug-likeness (QED) is 0.819. The summed E-state index contributed by atoms with van der Waals surface area (Å²) in [5, 5.41) is 3.34. The average molecular weight is 238 g/mol. The van der Waals surface area contributed by atoms with Crippen LogP contribution in [-0.2, 0) is 6.54 Å². The maximum atomic E-state index is 13.9. The minimum Gasteiger partial charge on any atom is -0.369 e. The number of nitrogens with one attached hydrogen (secondary N) is 1. The highest BCUT2D eigenvalue weighted by Crippen LogP contribution is 2.24. The third-order valence-corrected chi connectivity index (χ3v) is 2.85. The molecule has 0 saturated heterocycles. The van der Waals surface area contributed by atoms with Gasteiger partial charge in [-0.2, -0.15) is 0 Å². The molecule has 0 fully saturated rings. The first-order valence-corrected chi connectivity index (χ1v) is 6.35. The number of anilines is 1. The van der Waals surface area contributed by atoms with Gasteiger partial charge in [0.25, 0.3) is 0 Å². The molecule has 96 valence electrons. The van der Waals surface area contributed by atoms with E-state index >= 15 is 0 Å². The molecule has 1 N–H and O–H groups in total. The van der Waals surface area contributed by atoms with Crippen LogP contribution in [0.5, 0.6) is 0 Å². The summed E-state index contributed by atoms with van der Waals surface area (Å²) >= 11 is 0. The Morgan fingerprint density at radius 1 is 1.24 bits per heavy atom. The molecule has 0 aliphatic rings. The Hall–Kier alpha value is -1.09. The molecule has 0 spiro atoms. The number of para-hydroxylation sites is 1. The smallest absolute Gasteiger partial charge is 0.146 e. The number of benzene rings is 1. The Labute approximate surface area is 104 Å². The van der Waals surface area contributed by atoms with Crippen LogP contribution in [-0.4, -0.2) is 19.1 Å². The minimum absolute atomic E-state index is 0.128. The van der Waals surface area contributed by atoms with Crippen LogP contribution in [0.15, 0.2) is 18.2 Å². The van der Waals surface area contributed by atoms with Crippen molar-refractivity contribution in [1.82, 2.24) is 5.32 Å². The van der Waals surface area contributed by atoms with Gasteiger partial charge in [0, 0.05) is 25.7 Å². The van der Waals surface area contributed by atoms with E-state index < -0.39 is 0 Å². The summed E-state index contributed by atoms with van der Waals surface area (Å²) in [5.41, 5.74) is 1.77. The zero-order valence-electron chi connectivity index (χ0n) is 11.3. The van der Waals surface area contributed by atoms with Crippen LogP contribution in [0, 0.1) is 5.82 Å². The highest BCUT2D eigenvalue weighted by molar-refractivity contribution is 5.54. The van der Waals surface area contributed by atoms with Crippen LogP contribution in [0.25, 0.3) is 0 Å². The average Bonchev–Trinajstić information content (AvgIpc) is 2.30. The van der Waals surface area contributed by atoms with E-state index in [1.54, 1.807) is 6.07 Å². The normalized spacial score (nSPS) is 10.9. The van der Waals surface area contributed by atoms with Crippen molar-refractivity contribution in [3.8, 4) is 0 Å². The van der Waals surface area contributed by atoms with Crippen molar-refractivity contribution in [2.24, 2.45) is 0 Å². The van der Waals surface area contributed by atoms with E-state index in [-0.39, 0.29) is 5.82 Å². The molecule has 0 radical (unpaired) electrons. The molecule has 0 aliphatic carbocycles. The molecule has 1 aromatic rings. The lowest BCUT2D eigenvalue weighted by Gasteiger charge is -2.25. The molecular weight excluding hydrogens is 215 g/mol. The molecule has 0 unspecified atom stereocenters. The van der Waals surface area contributed by atoms with Gasteiger partial charge in [-0.1, -0.05) is 26.0 Å². The highest BCUT2D eigenvalue weighted by Gasteiger charge is 2.13. The molecule has 1 aromatic carbocycles. The van der Waals surface area contributed by atoms with Crippen molar-refractivity contribution >= 4 is 5.69 Å². The fourth-order valence-corrected chi connectivity index (χ4v) is 1.91. The second-order valence-corrected chi connectivity index (χ2v) is 4.46. The summed E-state index contributed by atoms with van der Waals surface area (Å²) < 4.78 is 13.9. The first kappa shape index (κ1) is 14.0. The van der Waals surface area contributed by atoms with Crippen molar-refractivity contribution in [3.63, 3.8) is 0 Å². The summed E-state index contributed by atoms with van der Waals surface area (Å²) in [6, 6.07) is 5.71. The van der Waals surface area contributed by atoms with Crippen LogP contribution < -0.4 is 10.2 Å². The molecule has 0 amide bonds. The molecule has 0 atom stereocenters.